The van der Waals surface area contributed by atoms with E-state index in [2.05, 4.69) is 34.6 Å². The van der Waals surface area contributed by atoms with Crippen molar-refractivity contribution in [3.63, 3.8) is 0 Å². The van der Waals surface area contributed by atoms with Crippen molar-refractivity contribution in [2.75, 3.05) is 23.7 Å². The summed E-state index contributed by atoms with van der Waals surface area (Å²) in [4.78, 5) is 4.08. The molecule has 1 aromatic carbocycles. The van der Waals surface area contributed by atoms with Crippen LogP contribution < -0.4 is 22.5 Å². The first kappa shape index (κ1) is 17.5. The fourth-order valence-electron chi connectivity index (χ4n) is 3.83. The van der Waals surface area contributed by atoms with E-state index in [-0.39, 0.29) is 5.92 Å². The van der Waals surface area contributed by atoms with Gasteiger partial charge in [-0.15, -0.1) is 0 Å². The molecule has 1 heterocycles. The van der Waals surface area contributed by atoms with E-state index in [9.17, 15) is 0 Å². The molecule has 1 aromatic heterocycles. The Hall–Kier alpha value is -2.27. The third-order valence-corrected chi connectivity index (χ3v) is 5.19. The molecule has 134 valence electrons. The number of nitrogens with two attached hydrogens (primary N) is 3. The van der Waals surface area contributed by atoms with E-state index >= 15 is 0 Å². The van der Waals surface area contributed by atoms with E-state index in [0.29, 0.717) is 23.4 Å². The molecule has 1 aliphatic rings. The van der Waals surface area contributed by atoms with E-state index in [0.717, 1.165) is 18.5 Å². The van der Waals surface area contributed by atoms with Crippen LogP contribution >= 0.6 is 0 Å². The van der Waals surface area contributed by atoms with Gasteiger partial charge in [0.25, 0.3) is 0 Å². The molecule has 1 fully saturated rings. The van der Waals surface area contributed by atoms with Gasteiger partial charge in [0.1, 0.15) is 11.6 Å². The average molecular weight is 339 g/mol. The fourth-order valence-corrected chi connectivity index (χ4v) is 3.83. The fraction of sp³-hybridized carbons (Fsp3) is 0.450. The maximum absolute atomic E-state index is 6.24. The molecule has 1 saturated carbocycles. The van der Waals surface area contributed by atoms with Crippen LogP contribution in [-0.4, -0.2) is 17.6 Å². The Morgan fingerprint density at radius 3 is 2.48 bits per heavy atom. The van der Waals surface area contributed by atoms with Crippen LogP contribution in [0.4, 0.5) is 17.3 Å². The van der Waals surface area contributed by atoms with E-state index in [1.54, 1.807) is 0 Å². The second-order valence-corrected chi connectivity index (χ2v) is 6.98. The third kappa shape index (κ3) is 4.42. The molecule has 25 heavy (non-hydrogen) atoms. The molecule has 0 aliphatic heterocycles. The lowest BCUT2D eigenvalue weighted by Crippen LogP contribution is -2.32. The molecular weight excluding hydrogens is 310 g/mol. The second kappa shape index (κ2) is 8.21. The third-order valence-electron chi connectivity index (χ3n) is 5.19. The largest absolute Gasteiger partial charge is 0.396 e. The van der Waals surface area contributed by atoms with Crippen molar-refractivity contribution in [1.82, 2.24) is 10.3 Å². The van der Waals surface area contributed by atoms with Gasteiger partial charge in [-0.05, 0) is 43.0 Å². The number of anilines is 3. The van der Waals surface area contributed by atoms with Gasteiger partial charge in [-0.3, -0.25) is 0 Å². The minimum atomic E-state index is 0.157. The number of nitrogens with zero attached hydrogens (tertiary/aromatic N) is 1. The van der Waals surface area contributed by atoms with Crippen LogP contribution in [0, 0.1) is 0 Å². The number of benzene rings is 1. The van der Waals surface area contributed by atoms with Crippen molar-refractivity contribution < 1.29 is 0 Å². The molecule has 1 atom stereocenters. The Bertz CT molecular complexity index is 680. The molecule has 0 amide bonds. The highest BCUT2D eigenvalue weighted by atomic mass is 14.9. The zero-order valence-electron chi connectivity index (χ0n) is 14.7. The Morgan fingerprint density at radius 1 is 1.04 bits per heavy atom. The predicted octanol–water partition coefficient (Wildman–Crippen LogP) is 3.27. The number of pyridine rings is 1. The first-order valence-corrected chi connectivity index (χ1v) is 9.25. The topological polar surface area (TPSA) is 103 Å². The zero-order chi connectivity index (χ0) is 17.6. The highest BCUT2D eigenvalue weighted by Crippen LogP contribution is 2.34. The van der Waals surface area contributed by atoms with Crippen LogP contribution in [0.3, 0.4) is 0 Å². The molecule has 7 N–H and O–H groups in total. The Balaban J connectivity index is 1.78. The van der Waals surface area contributed by atoms with Crippen LogP contribution in [0.15, 0.2) is 36.4 Å². The first-order valence-electron chi connectivity index (χ1n) is 9.25. The van der Waals surface area contributed by atoms with Gasteiger partial charge in [0, 0.05) is 12.0 Å². The van der Waals surface area contributed by atoms with Crippen molar-refractivity contribution in [2.24, 2.45) is 0 Å². The standard InChI is InChI=1S/C20H29N5/c21-18-13-17(19(22)20(23)25-18)16(14-7-3-1-4-8-14)11-12-24-15-9-5-2-6-10-15/h1,3-4,7-8,13,15-16,24H,2,5-6,9-12,22H2,(H4,21,23,25). The molecule has 0 bridgehead atoms. The lowest BCUT2D eigenvalue weighted by molar-refractivity contribution is 0.370. The van der Waals surface area contributed by atoms with Crippen molar-refractivity contribution in [3.8, 4) is 0 Å². The molecule has 0 saturated heterocycles. The SMILES string of the molecule is Nc1cc(C(CCNC2CCCCC2)c2ccccc2)c(N)c(N)n1. The average Bonchev–Trinajstić information content (AvgIpc) is 2.64. The Kier molecular flexibility index (Phi) is 5.76. The molecule has 3 rings (SSSR count). The summed E-state index contributed by atoms with van der Waals surface area (Å²) in [5.41, 5.74) is 20.9. The predicted molar refractivity (Wildman–Crippen MR) is 105 cm³/mol. The lowest BCUT2D eigenvalue weighted by atomic mass is 9.87. The van der Waals surface area contributed by atoms with Crippen molar-refractivity contribution in [2.45, 2.75) is 50.5 Å². The number of hydrogen-bond acceptors (Lipinski definition) is 5. The first-order chi connectivity index (χ1) is 12.1. The zero-order valence-corrected chi connectivity index (χ0v) is 14.7. The number of aromatic nitrogens is 1. The molecule has 1 aliphatic carbocycles. The summed E-state index contributed by atoms with van der Waals surface area (Å²) in [7, 11) is 0. The van der Waals surface area contributed by atoms with Crippen LogP contribution in [0.1, 0.15) is 55.6 Å². The maximum Gasteiger partial charge on any atom is 0.149 e. The summed E-state index contributed by atoms with van der Waals surface area (Å²) in [6.07, 6.45) is 7.57. The molecule has 5 nitrogen and oxygen atoms in total. The minimum Gasteiger partial charge on any atom is -0.396 e. The van der Waals surface area contributed by atoms with Crippen molar-refractivity contribution in [1.29, 1.82) is 0 Å². The monoisotopic (exact) mass is 339 g/mol. The molecule has 2 aromatic rings. The van der Waals surface area contributed by atoms with Gasteiger partial charge in [-0.1, -0.05) is 49.6 Å². The van der Waals surface area contributed by atoms with Crippen molar-refractivity contribution >= 4 is 17.3 Å². The summed E-state index contributed by atoms with van der Waals surface area (Å²) < 4.78 is 0. The highest BCUT2D eigenvalue weighted by molar-refractivity contribution is 5.68. The summed E-state index contributed by atoms with van der Waals surface area (Å²) in [5.74, 6) is 0.893. The highest BCUT2D eigenvalue weighted by Gasteiger charge is 2.20. The van der Waals surface area contributed by atoms with Gasteiger partial charge < -0.3 is 22.5 Å². The van der Waals surface area contributed by atoms with Gasteiger partial charge in [0.2, 0.25) is 0 Å². The second-order valence-electron chi connectivity index (χ2n) is 6.98. The van der Waals surface area contributed by atoms with Gasteiger partial charge in [-0.25, -0.2) is 4.98 Å². The quantitative estimate of drug-likeness (QED) is 0.647. The van der Waals surface area contributed by atoms with E-state index in [1.807, 2.05) is 12.1 Å². The number of rotatable bonds is 6. The summed E-state index contributed by atoms with van der Waals surface area (Å²) in [6.45, 7) is 0.950. The normalized spacial score (nSPS) is 16.6. The van der Waals surface area contributed by atoms with E-state index in [4.69, 9.17) is 17.2 Å². The summed E-state index contributed by atoms with van der Waals surface area (Å²) in [6, 6.07) is 12.9. The van der Waals surface area contributed by atoms with Gasteiger partial charge >= 0.3 is 0 Å². The van der Waals surface area contributed by atoms with Crippen LogP contribution in [0.5, 0.6) is 0 Å². The Morgan fingerprint density at radius 2 is 1.76 bits per heavy atom. The van der Waals surface area contributed by atoms with Crippen molar-refractivity contribution in [3.05, 3.63) is 47.5 Å². The summed E-state index contributed by atoms with van der Waals surface area (Å²) >= 11 is 0. The number of nitrogens with one attached hydrogen (secondary N) is 1. The number of hydrogen-bond donors (Lipinski definition) is 4. The molecular formula is C20H29N5. The summed E-state index contributed by atoms with van der Waals surface area (Å²) in [5, 5.41) is 3.72. The van der Waals surface area contributed by atoms with Gasteiger partial charge in [0.05, 0.1) is 5.69 Å². The van der Waals surface area contributed by atoms with E-state index in [1.165, 1.54) is 37.7 Å². The van der Waals surface area contributed by atoms with Crippen LogP contribution in [0.25, 0.3) is 0 Å². The molecule has 0 radical (unpaired) electrons. The van der Waals surface area contributed by atoms with Gasteiger partial charge in [0.15, 0.2) is 0 Å². The lowest BCUT2D eigenvalue weighted by Gasteiger charge is -2.25. The van der Waals surface area contributed by atoms with E-state index < -0.39 is 0 Å². The smallest absolute Gasteiger partial charge is 0.149 e. The van der Waals surface area contributed by atoms with Crippen LogP contribution in [-0.2, 0) is 0 Å². The molecule has 1 unspecified atom stereocenters. The number of nitrogen functional groups attached to an aromatic ring is 3. The van der Waals surface area contributed by atoms with Crippen LogP contribution in [0.2, 0.25) is 0 Å². The molecule has 5 heteroatoms. The Labute approximate surface area is 150 Å². The maximum atomic E-state index is 6.24. The molecule has 0 spiro atoms. The van der Waals surface area contributed by atoms with Gasteiger partial charge in [-0.2, -0.15) is 0 Å². The minimum absolute atomic E-state index is 0.157.